The second kappa shape index (κ2) is 5.79. The fourth-order valence-corrected chi connectivity index (χ4v) is 2.12. The zero-order valence-corrected chi connectivity index (χ0v) is 11.9. The number of carboxylic acid groups (broad SMARTS) is 1. The summed E-state index contributed by atoms with van der Waals surface area (Å²) in [5.41, 5.74) is -0.219. The van der Waals surface area contributed by atoms with Gasteiger partial charge in [0.25, 0.3) is 5.91 Å². The predicted octanol–water partition coefficient (Wildman–Crippen LogP) is 2.60. The third-order valence-electron chi connectivity index (χ3n) is 3.62. The average Bonchev–Trinajstić information content (AvgIpc) is 3.23. The minimum atomic E-state index is -1.02. The van der Waals surface area contributed by atoms with E-state index >= 15 is 0 Å². The van der Waals surface area contributed by atoms with Crippen molar-refractivity contribution >= 4 is 11.9 Å². The lowest BCUT2D eigenvalue weighted by molar-refractivity contribution is -0.141. The van der Waals surface area contributed by atoms with Crippen LogP contribution in [0.2, 0.25) is 0 Å². The van der Waals surface area contributed by atoms with Gasteiger partial charge in [0.15, 0.2) is 0 Å². The molecule has 0 saturated heterocycles. The third-order valence-corrected chi connectivity index (χ3v) is 3.62. The van der Waals surface area contributed by atoms with Crippen LogP contribution in [0.5, 0.6) is 0 Å². The summed E-state index contributed by atoms with van der Waals surface area (Å²) in [7, 11) is 0. The fourth-order valence-electron chi connectivity index (χ4n) is 2.12. The van der Waals surface area contributed by atoms with E-state index in [1.807, 2.05) is 0 Å². The predicted molar refractivity (Wildman–Crippen MR) is 72.0 cm³/mol. The number of halogens is 2. The topological polar surface area (TPSA) is 57.6 Å². The third kappa shape index (κ3) is 3.37. The number of carboxylic acids is 1. The molecule has 1 aromatic rings. The minimum Gasteiger partial charge on any atom is -0.481 e. The molecule has 1 aromatic carbocycles. The molecule has 0 aliphatic heterocycles. The highest BCUT2D eigenvalue weighted by molar-refractivity contribution is 5.95. The molecule has 1 unspecified atom stereocenters. The molecule has 4 nitrogen and oxygen atoms in total. The van der Waals surface area contributed by atoms with Crippen LogP contribution in [0.15, 0.2) is 12.1 Å². The Labute approximate surface area is 121 Å². The van der Waals surface area contributed by atoms with E-state index in [9.17, 15) is 18.4 Å². The van der Waals surface area contributed by atoms with Crippen LogP contribution in [0.3, 0.4) is 0 Å². The van der Waals surface area contributed by atoms with Gasteiger partial charge in [-0.3, -0.25) is 9.59 Å². The highest BCUT2D eigenvalue weighted by Gasteiger charge is 2.36. The lowest BCUT2D eigenvalue weighted by Gasteiger charge is -2.24. The fraction of sp³-hybridized carbons (Fsp3) is 0.467. The maximum Gasteiger partial charge on any atom is 0.308 e. The average molecular weight is 297 g/mol. The van der Waals surface area contributed by atoms with E-state index in [0.717, 1.165) is 25.0 Å². The highest BCUT2D eigenvalue weighted by atomic mass is 19.1. The van der Waals surface area contributed by atoms with Crippen molar-refractivity contribution < 1.29 is 23.5 Å². The Morgan fingerprint density at radius 3 is 2.48 bits per heavy atom. The molecule has 1 atom stereocenters. The van der Waals surface area contributed by atoms with Gasteiger partial charge in [0.05, 0.1) is 11.5 Å². The van der Waals surface area contributed by atoms with E-state index in [2.05, 4.69) is 0 Å². The van der Waals surface area contributed by atoms with Crippen LogP contribution in [0.4, 0.5) is 8.78 Å². The Morgan fingerprint density at radius 2 is 1.95 bits per heavy atom. The van der Waals surface area contributed by atoms with Crippen molar-refractivity contribution in [3.8, 4) is 0 Å². The van der Waals surface area contributed by atoms with Crippen molar-refractivity contribution in [1.29, 1.82) is 0 Å². The molecule has 0 spiro atoms. The lowest BCUT2D eigenvalue weighted by atomic mass is 10.1. The maximum absolute atomic E-state index is 13.9. The second-order valence-corrected chi connectivity index (χ2v) is 5.51. The molecule has 6 heteroatoms. The van der Waals surface area contributed by atoms with Gasteiger partial charge in [-0.25, -0.2) is 8.78 Å². The first-order valence-electron chi connectivity index (χ1n) is 6.80. The Hall–Kier alpha value is -1.98. The maximum atomic E-state index is 13.9. The smallest absolute Gasteiger partial charge is 0.308 e. The van der Waals surface area contributed by atoms with Crippen molar-refractivity contribution in [2.45, 2.75) is 32.7 Å². The number of nitrogens with zero attached hydrogens (tertiary/aromatic N) is 1. The molecule has 0 radical (unpaired) electrons. The second-order valence-electron chi connectivity index (χ2n) is 5.51. The van der Waals surface area contributed by atoms with Crippen LogP contribution in [-0.2, 0) is 4.79 Å². The summed E-state index contributed by atoms with van der Waals surface area (Å²) in [6.07, 6.45) is 1.52. The van der Waals surface area contributed by atoms with Crippen molar-refractivity contribution in [1.82, 2.24) is 4.90 Å². The van der Waals surface area contributed by atoms with E-state index in [1.54, 1.807) is 0 Å². The van der Waals surface area contributed by atoms with Gasteiger partial charge in [0, 0.05) is 12.6 Å². The number of aryl methyl sites for hydroxylation is 1. The molecule has 1 saturated carbocycles. The molecule has 1 N–H and O–H groups in total. The Kier molecular flexibility index (Phi) is 4.25. The van der Waals surface area contributed by atoms with Crippen LogP contribution in [0.25, 0.3) is 0 Å². The number of hydrogen-bond donors (Lipinski definition) is 1. The van der Waals surface area contributed by atoms with Gasteiger partial charge in [0.1, 0.15) is 11.6 Å². The summed E-state index contributed by atoms with van der Waals surface area (Å²) in [6, 6.07) is 1.78. The van der Waals surface area contributed by atoms with Gasteiger partial charge in [-0.1, -0.05) is 6.92 Å². The molecule has 1 aliphatic carbocycles. The molecule has 0 heterocycles. The van der Waals surface area contributed by atoms with Gasteiger partial charge >= 0.3 is 5.97 Å². The lowest BCUT2D eigenvalue weighted by Crippen LogP contribution is -2.39. The van der Waals surface area contributed by atoms with Gasteiger partial charge < -0.3 is 10.0 Å². The molecule has 1 amide bonds. The Bertz CT molecular complexity index is 585. The number of hydrogen-bond acceptors (Lipinski definition) is 2. The van der Waals surface area contributed by atoms with Crippen molar-refractivity contribution in [2.75, 3.05) is 6.54 Å². The molecule has 0 bridgehead atoms. The van der Waals surface area contributed by atoms with Crippen molar-refractivity contribution in [3.05, 3.63) is 34.9 Å². The number of aliphatic carboxylic acids is 1. The minimum absolute atomic E-state index is 0.00618. The normalized spacial score (nSPS) is 15.6. The molecular formula is C15H17F2NO3. The van der Waals surface area contributed by atoms with E-state index in [1.165, 1.54) is 18.7 Å². The molecular weight excluding hydrogens is 280 g/mol. The van der Waals surface area contributed by atoms with Crippen LogP contribution in [-0.4, -0.2) is 34.5 Å². The summed E-state index contributed by atoms with van der Waals surface area (Å²) < 4.78 is 27.4. The van der Waals surface area contributed by atoms with E-state index in [4.69, 9.17) is 5.11 Å². The monoisotopic (exact) mass is 297 g/mol. The number of amides is 1. The Balaban J connectivity index is 2.27. The summed E-state index contributed by atoms with van der Waals surface area (Å²) in [6.45, 7) is 2.89. The summed E-state index contributed by atoms with van der Waals surface area (Å²) in [5, 5.41) is 8.95. The van der Waals surface area contributed by atoms with Gasteiger partial charge in [-0.15, -0.1) is 0 Å². The Morgan fingerprint density at radius 1 is 1.33 bits per heavy atom. The molecule has 1 aliphatic rings. The number of benzene rings is 1. The molecule has 0 aromatic heterocycles. The van der Waals surface area contributed by atoms with Crippen LogP contribution >= 0.6 is 0 Å². The van der Waals surface area contributed by atoms with Crippen molar-refractivity contribution in [2.24, 2.45) is 5.92 Å². The molecule has 114 valence electrons. The number of carbonyl (C=O) groups is 2. The zero-order valence-electron chi connectivity index (χ0n) is 11.9. The van der Waals surface area contributed by atoms with Crippen LogP contribution < -0.4 is 0 Å². The van der Waals surface area contributed by atoms with Crippen molar-refractivity contribution in [3.63, 3.8) is 0 Å². The summed E-state index contributed by atoms with van der Waals surface area (Å²) >= 11 is 0. The van der Waals surface area contributed by atoms with Crippen LogP contribution in [0, 0.1) is 24.5 Å². The zero-order chi connectivity index (χ0) is 15.7. The molecule has 2 rings (SSSR count). The van der Waals surface area contributed by atoms with E-state index in [-0.39, 0.29) is 23.7 Å². The first kappa shape index (κ1) is 15.4. The largest absolute Gasteiger partial charge is 0.481 e. The van der Waals surface area contributed by atoms with E-state index < -0.39 is 29.4 Å². The first-order valence-corrected chi connectivity index (χ1v) is 6.80. The summed E-state index contributed by atoms with van der Waals surface area (Å²) in [5.74, 6) is -3.87. The SMILES string of the molecule is Cc1cc(F)c(C(=O)N(CC(C)C(=O)O)C2CC2)cc1F. The standard InChI is InChI=1S/C15H17F2NO3/c1-8-5-13(17)11(6-12(8)16)14(19)18(10-3-4-10)7-9(2)15(20)21/h5-6,9-10H,3-4,7H2,1-2H3,(H,20,21). The first-order chi connectivity index (χ1) is 9.81. The highest BCUT2D eigenvalue weighted by Crippen LogP contribution is 2.30. The number of rotatable bonds is 5. The van der Waals surface area contributed by atoms with Crippen LogP contribution in [0.1, 0.15) is 35.7 Å². The molecule has 21 heavy (non-hydrogen) atoms. The van der Waals surface area contributed by atoms with Gasteiger partial charge in [-0.05, 0) is 37.5 Å². The van der Waals surface area contributed by atoms with Gasteiger partial charge in [-0.2, -0.15) is 0 Å². The number of carbonyl (C=O) groups excluding carboxylic acids is 1. The molecule has 1 fully saturated rings. The summed E-state index contributed by atoms with van der Waals surface area (Å²) in [4.78, 5) is 24.7. The van der Waals surface area contributed by atoms with E-state index in [0.29, 0.717) is 0 Å². The quantitative estimate of drug-likeness (QED) is 0.909. The van der Waals surface area contributed by atoms with Gasteiger partial charge in [0.2, 0.25) is 0 Å².